The molecule has 0 aromatic heterocycles. The van der Waals surface area contributed by atoms with Crippen molar-refractivity contribution >= 4 is 27.2 Å². The Bertz CT molecular complexity index is 640. The molecule has 110 valence electrons. The van der Waals surface area contributed by atoms with Gasteiger partial charge in [0.15, 0.2) is 9.84 Å². The maximum Gasteiger partial charge on any atom is 0.323 e. The molecule has 0 aliphatic rings. The van der Waals surface area contributed by atoms with E-state index in [0.717, 1.165) is 12.3 Å². The number of nitrogens with zero attached hydrogens (tertiary/aromatic N) is 2. The summed E-state index contributed by atoms with van der Waals surface area (Å²) >= 11 is 0. The minimum atomic E-state index is -3.79. The van der Waals surface area contributed by atoms with Gasteiger partial charge in [0, 0.05) is 12.8 Å². The second-order valence-corrected chi connectivity index (χ2v) is 6.05. The van der Waals surface area contributed by atoms with Gasteiger partial charge in [-0.25, -0.2) is 8.42 Å². The van der Waals surface area contributed by atoms with Crippen molar-refractivity contribution in [2.24, 2.45) is 0 Å². The van der Waals surface area contributed by atoms with Crippen molar-refractivity contribution in [2.45, 2.75) is 11.8 Å². The van der Waals surface area contributed by atoms with Crippen molar-refractivity contribution in [3.05, 3.63) is 28.3 Å². The van der Waals surface area contributed by atoms with Crippen LogP contribution in [0.4, 0.5) is 11.4 Å². The zero-order valence-corrected chi connectivity index (χ0v) is 11.8. The Morgan fingerprint density at radius 3 is 2.45 bits per heavy atom. The quantitative estimate of drug-likeness (QED) is 0.612. The summed E-state index contributed by atoms with van der Waals surface area (Å²) in [7, 11) is -3.79. The summed E-state index contributed by atoms with van der Waals surface area (Å²) in [5.74, 6) is -1.16. The second kappa shape index (κ2) is 5.87. The van der Waals surface area contributed by atoms with Crippen molar-refractivity contribution in [3.63, 3.8) is 0 Å². The minimum absolute atomic E-state index is 0.0252. The van der Waals surface area contributed by atoms with Crippen LogP contribution in [0.5, 0.6) is 0 Å². The lowest BCUT2D eigenvalue weighted by molar-refractivity contribution is -0.387. The first-order valence-electron chi connectivity index (χ1n) is 5.62. The van der Waals surface area contributed by atoms with Gasteiger partial charge in [0.1, 0.15) is 17.1 Å². The molecule has 0 unspecified atom stereocenters. The van der Waals surface area contributed by atoms with Crippen molar-refractivity contribution in [2.75, 3.05) is 24.2 Å². The van der Waals surface area contributed by atoms with Crippen molar-refractivity contribution in [3.8, 4) is 0 Å². The van der Waals surface area contributed by atoms with Gasteiger partial charge < -0.3 is 10.0 Å². The number of anilines is 1. The molecule has 9 heteroatoms. The minimum Gasteiger partial charge on any atom is -0.480 e. The predicted molar refractivity (Wildman–Crippen MR) is 71.7 cm³/mol. The monoisotopic (exact) mass is 302 g/mol. The Balaban J connectivity index is 3.54. The van der Waals surface area contributed by atoms with E-state index in [9.17, 15) is 23.3 Å². The van der Waals surface area contributed by atoms with E-state index in [-0.39, 0.29) is 12.2 Å². The van der Waals surface area contributed by atoms with Gasteiger partial charge >= 0.3 is 11.7 Å². The average molecular weight is 302 g/mol. The highest BCUT2D eigenvalue weighted by molar-refractivity contribution is 7.90. The standard InChI is InChI=1S/C11H14N2O6S/c1-3-12(7-10(14)15)8-5-4-6-9(20(2,18)19)11(8)13(16)17/h4-6H,3,7H2,1-2H3,(H,14,15). The number of hydrogen-bond donors (Lipinski definition) is 1. The fourth-order valence-electron chi connectivity index (χ4n) is 1.78. The number of carboxylic acids is 1. The van der Waals surface area contributed by atoms with Gasteiger partial charge in [-0.3, -0.25) is 14.9 Å². The summed E-state index contributed by atoms with van der Waals surface area (Å²) in [6, 6.07) is 3.81. The molecule has 0 saturated carbocycles. The van der Waals surface area contributed by atoms with E-state index < -0.39 is 37.9 Å². The van der Waals surface area contributed by atoms with E-state index in [4.69, 9.17) is 5.11 Å². The number of nitro benzene ring substituents is 1. The largest absolute Gasteiger partial charge is 0.480 e. The van der Waals surface area contributed by atoms with E-state index in [0.29, 0.717) is 0 Å². The third-order valence-corrected chi connectivity index (χ3v) is 3.74. The summed E-state index contributed by atoms with van der Waals surface area (Å²) in [6.45, 7) is 1.37. The second-order valence-electron chi connectivity index (χ2n) is 4.06. The maximum atomic E-state index is 11.6. The Hall–Kier alpha value is -2.16. The lowest BCUT2D eigenvalue weighted by atomic mass is 10.2. The van der Waals surface area contributed by atoms with Crippen molar-refractivity contribution in [1.82, 2.24) is 0 Å². The van der Waals surface area contributed by atoms with Crippen LogP contribution in [-0.4, -0.2) is 43.8 Å². The van der Waals surface area contributed by atoms with Crippen LogP contribution in [0.3, 0.4) is 0 Å². The third kappa shape index (κ3) is 3.44. The van der Waals surface area contributed by atoms with Crippen LogP contribution >= 0.6 is 0 Å². The molecule has 0 amide bonds. The number of sulfone groups is 1. The molecule has 20 heavy (non-hydrogen) atoms. The first kappa shape index (κ1) is 15.9. The zero-order chi connectivity index (χ0) is 15.5. The van der Waals surface area contributed by atoms with Gasteiger partial charge in [0.2, 0.25) is 0 Å². The van der Waals surface area contributed by atoms with Crippen molar-refractivity contribution < 1.29 is 23.2 Å². The Morgan fingerprint density at radius 2 is 2.05 bits per heavy atom. The number of likely N-dealkylation sites (N-methyl/N-ethyl adjacent to an activating group) is 1. The van der Waals surface area contributed by atoms with Gasteiger partial charge in [-0.05, 0) is 19.1 Å². The third-order valence-electron chi connectivity index (χ3n) is 2.61. The number of rotatable bonds is 6. The molecule has 8 nitrogen and oxygen atoms in total. The molecule has 0 aliphatic carbocycles. The molecule has 0 atom stereocenters. The van der Waals surface area contributed by atoms with Gasteiger partial charge in [-0.15, -0.1) is 0 Å². The lowest BCUT2D eigenvalue weighted by Gasteiger charge is -2.21. The summed E-state index contributed by atoms with van der Waals surface area (Å²) in [5, 5.41) is 20.0. The molecule has 1 aromatic rings. The normalized spacial score (nSPS) is 11.1. The molecular weight excluding hydrogens is 288 g/mol. The number of para-hydroxylation sites is 1. The van der Waals surface area contributed by atoms with E-state index in [1.165, 1.54) is 17.0 Å². The van der Waals surface area contributed by atoms with Crippen molar-refractivity contribution in [1.29, 1.82) is 0 Å². The molecule has 0 fully saturated rings. The first-order chi connectivity index (χ1) is 9.18. The highest BCUT2D eigenvalue weighted by Gasteiger charge is 2.28. The number of carbonyl (C=O) groups is 1. The van der Waals surface area contributed by atoms with Crippen LogP contribution in [0.2, 0.25) is 0 Å². The van der Waals surface area contributed by atoms with E-state index in [1.807, 2.05) is 0 Å². The molecular formula is C11H14N2O6S. The molecule has 0 heterocycles. The summed E-state index contributed by atoms with van der Waals surface area (Å²) in [6.07, 6.45) is 0.868. The van der Waals surface area contributed by atoms with Crippen LogP contribution in [0, 0.1) is 10.1 Å². The van der Waals surface area contributed by atoms with Crippen LogP contribution in [0.15, 0.2) is 23.1 Å². The van der Waals surface area contributed by atoms with Crippen LogP contribution in [0.25, 0.3) is 0 Å². The highest BCUT2D eigenvalue weighted by atomic mass is 32.2. The summed E-state index contributed by atoms with van der Waals surface area (Å²) < 4.78 is 23.2. The Morgan fingerprint density at radius 1 is 1.45 bits per heavy atom. The molecule has 0 radical (unpaired) electrons. The zero-order valence-electron chi connectivity index (χ0n) is 10.9. The fraction of sp³-hybridized carbons (Fsp3) is 0.364. The maximum absolute atomic E-state index is 11.6. The Kier molecular flexibility index (Phi) is 4.66. The number of benzene rings is 1. The van der Waals surface area contributed by atoms with Gasteiger partial charge in [0.05, 0.1) is 4.92 Å². The molecule has 1 N–H and O–H groups in total. The highest BCUT2D eigenvalue weighted by Crippen LogP contribution is 2.34. The predicted octanol–water partition coefficient (Wildman–Crippen LogP) is 0.909. The molecule has 1 aromatic carbocycles. The topological polar surface area (TPSA) is 118 Å². The molecule has 1 rings (SSSR count). The lowest BCUT2D eigenvalue weighted by Crippen LogP contribution is -2.30. The molecule has 0 aliphatic heterocycles. The number of hydrogen-bond acceptors (Lipinski definition) is 6. The molecule has 0 bridgehead atoms. The average Bonchev–Trinajstić information content (AvgIpc) is 2.33. The number of nitro groups is 1. The van der Waals surface area contributed by atoms with Crippen LogP contribution in [0.1, 0.15) is 6.92 Å². The first-order valence-corrected chi connectivity index (χ1v) is 7.51. The van der Waals surface area contributed by atoms with Gasteiger partial charge in [-0.1, -0.05) is 6.07 Å². The van der Waals surface area contributed by atoms with Gasteiger partial charge in [0.25, 0.3) is 0 Å². The SMILES string of the molecule is CCN(CC(=O)O)c1cccc(S(C)(=O)=O)c1[N+](=O)[O-]. The van der Waals surface area contributed by atoms with Crippen LogP contribution < -0.4 is 4.90 Å². The van der Waals surface area contributed by atoms with E-state index in [1.54, 1.807) is 6.92 Å². The smallest absolute Gasteiger partial charge is 0.323 e. The van der Waals surface area contributed by atoms with Gasteiger partial charge in [-0.2, -0.15) is 0 Å². The number of aliphatic carboxylic acids is 1. The number of carboxylic acid groups (broad SMARTS) is 1. The summed E-state index contributed by atoms with van der Waals surface area (Å²) in [4.78, 5) is 21.9. The Labute approximate surface area is 115 Å². The van der Waals surface area contributed by atoms with E-state index >= 15 is 0 Å². The molecule has 0 saturated heterocycles. The fourth-order valence-corrected chi connectivity index (χ4v) is 2.64. The molecule has 0 spiro atoms. The van der Waals surface area contributed by atoms with E-state index in [2.05, 4.69) is 0 Å². The summed E-state index contributed by atoms with van der Waals surface area (Å²) in [5.41, 5.74) is -0.624. The van der Waals surface area contributed by atoms with Crippen LogP contribution in [-0.2, 0) is 14.6 Å².